The zero-order chi connectivity index (χ0) is 16.3. The number of carbonyl (C=O) groups excluding carboxylic acids is 1. The summed E-state index contributed by atoms with van der Waals surface area (Å²) in [6.07, 6.45) is -4.53. The van der Waals surface area contributed by atoms with Crippen LogP contribution in [-0.4, -0.2) is 23.0 Å². The second-order valence-corrected chi connectivity index (χ2v) is 5.42. The molecule has 0 aliphatic carbocycles. The molecule has 0 aliphatic rings. The minimum atomic E-state index is -4.53. The number of halogens is 3. The van der Waals surface area contributed by atoms with E-state index in [9.17, 15) is 18.0 Å². The number of nitrogens with two attached hydrogens (primary N) is 1. The summed E-state index contributed by atoms with van der Waals surface area (Å²) < 4.78 is 38.1. The van der Waals surface area contributed by atoms with Crippen molar-refractivity contribution < 1.29 is 18.0 Å². The molecule has 1 heterocycles. The third-order valence-corrected chi connectivity index (χ3v) is 2.25. The number of alkyl halides is 3. The van der Waals surface area contributed by atoms with Gasteiger partial charge in [0.25, 0.3) is 0 Å². The average Bonchev–Trinajstić information content (AvgIpc) is 2.33. The summed E-state index contributed by atoms with van der Waals surface area (Å²) in [5, 5.41) is 5.21. The molecule has 0 radical (unpaired) electrons. The van der Waals surface area contributed by atoms with Crippen molar-refractivity contribution in [2.45, 2.75) is 32.5 Å². The molecule has 118 valence electrons. The van der Waals surface area contributed by atoms with Crippen molar-refractivity contribution >= 4 is 17.5 Å². The van der Waals surface area contributed by atoms with Crippen molar-refractivity contribution in [3.63, 3.8) is 0 Å². The minimum Gasteiger partial charge on any atom is -0.361 e. The average molecular weight is 305 g/mol. The summed E-state index contributed by atoms with van der Waals surface area (Å²) in [6.45, 7) is 5.19. The number of hydrogen-bond donors (Lipinski definition) is 4. The molecule has 9 heteroatoms. The second kappa shape index (κ2) is 6.17. The van der Waals surface area contributed by atoms with Gasteiger partial charge in [0.2, 0.25) is 5.91 Å². The van der Waals surface area contributed by atoms with Crippen molar-refractivity contribution in [3.05, 3.63) is 17.7 Å². The van der Waals surface area contributed by atoms with Crippen LogP contribution in [0.4, 0.5) is 24.8 Å². The van der Waals surface area contributed by atoms with Crippen LogP contribution in [0.3, 0.4) is 0 Å². The van der Waals surface area contributed by atoms with E-state index in [0.29, 0.717) is 0 Å². The number of carbonyl (C=O) groups is 1. The number of nitrogen functional groups attached to an aromatic ring is 1. The number of amides is 1. The summed E-state index contributed by atoms with van der Waals surface area (Å²) in [5.41, 5.74) is 0.715. The third kappa shape index (κ3) is 5.86. The fourth-order valence-electron chi connectivity index (χ4n) is 1.49. The molecule has 5 N–H and O–H groups in total. The van der Waals surface area contributed by atoms with Gasteiger partial charge >= 0.3 is 6.18 Å². The number of anilines is 2. The van der Waals surface area contributed by atoms with Gasteiger partial charge in [-0.2, -0.15) is 13.2 Å². The summed E-state index contributed by atoms with van der Waals surface area (Å²) in [6, 6.07) is 1.59. The molecule has 0 spiro atoms. The van der Waals surface area contributed by atoms with Gasteiger partial charge in [-0.1, -0.05) is 0 Å². The smallest absolute Gasteiger partial charge is 0.361 e. The third-order valence-electron chi connectivity index (χ3n) is 2.25. The minimum absolute atomic E-state index is 0.0955. The van der Waals surface area contributed by atoms with Crippen LogP contribution in [0.1, 0.15) is 26.3 Å². The van der Waals surface area contributed by atoms with Crippen LogP contribution in [0.2, 0.25) is 0 Å². The molecule has 1 amide bonds. The molecule has 1 aromatic heterocycles. The number of nitrogens with one attached hydrogen (secondary N) is 3. The monoisotopic (exact) mass is 305 g/mol. The number of nitrogens with zero attached hydrogens (tertiary/aromatic N) is 1. The first-order valence-electron chi connectivity index (χ1n) is 6.12. The quantitative estimate of drug-likeness (QED) is 0.502. The highest BCUT2D eigenvalue weighted by Gasteiger charge is 2.31. The molecule has 0 fully saturated rings. The second-order valence-electron chi connectivity index (χ2n) is 5.42. The van der Waals surface area contributed by atoms with Crippen LogP contribution in [0.5, 0.6) is 0 Å². The zero-order valence-corrected chi connectivity index (χ0v) is 11.9. The zero-order valence-electron chi connectivity index (χ0n) is 11.9. The van der Waals surface area contributed by atoms with Crippen LogP contribution in [0.25, 0.3) is 0 Å². The molecule has 6 nitrogen and oxygen atoms in total. The molecule has 0 aliphatic heterocycles. The van der Waals surface area contributed by atoms with Crippen molar-refractivity contribution in [3.8, 4) is 0 Å². The van der Waals surface area contributed by atoms with E-state index < -0.39 is 17.3 Å². The van der Waals surface area contributed by atoms with E-state index in [1.807, 2.05) is 0 Å². The lowest BCUT2D eigenvalue weighted by Gasteiger charge is -2.20. The van der Waals surface area contributed by atoms with Gasteiger partial charge in [-0.05, 0) is 32.9 Å². The summed E-state index contributed by atoms with van der Waals surface area (Å²) in [5.74, 6) is 4.48. The van der Waals surface area contributed by atoms with Crippen LogP contribution >= 0.6 is 0 Å². The van der Waals surface area contributed by atoms with Gasteiger partial charge in [0, 0.05) is 5.54 Å². The maximum Gasteiger partial charge on any atom is 0.416 e. The van der Waals surface area contributed by atoms with E-state index in [1.54, 1.807) is 20.8 Å². The lowest BCUT2D eigenvalue weighted by Crippen LogP contribution is -2.43. The topological polar surface area (TPSA) is 92.1 Å². The molecular formula is C12H18F3N5O. The fraction of sp³-hybridized carbons (Fsp3) is 0.500. The van der Waals surface area contributed by atoms with Crippen LogP contribution < -0.4 is 21.9 Å². The summed E-state index contributed by atoms with van der Waals surface area (Å²) in [7, 11) is 0. The first-order valence-corrected chi connectivity index (χ1v) is 6.12. The molecule has 0 saturated heterocycles. The first-order chi connectivity index (χ1) is 9.51. The van der Waals surface area contributed by atoms with Crippen LogP contribution in [-0.2, 0) is 11.0 Å². The van der Waals surface area contributed by atoms with Gasteiger partial charge in [0.05, 0.1) is 12.1 Å². The van der Waals surface area contributed by atoms with Gasteiger partial charge in [-0.25, -0.2) is 10.8 Å². The van der Waals surface area contributed by atoms with Crippen molar-refractivity contribution in [2.75, 3.05) is 17.3 Å². The number of hydrogen-bond acceptors (Lipinski definition) is 5. The maximum absolute atomic E-state index is 12.7. The Kier molecular flexibility index (Phi) is 5.00. The number of hydrazine groups is 1. The lowest BCUT2D eigenvalue weighted by molar-refractivity contribution is -0.137. The predicted octanol–water partition coefficient (Wildman–Crippen LogP) is 1.71. The highest BCUT2D eigenvalue weighted by Crippen LogP contribution is 2.31. The SMILES string of the molecule is CC(C)(C)NC(=O)CNc1cc(C(F)(F)F)cc(NN)n1. The molecule has 0 atom stereocenters. The Balaban J connectivity index is 2.82. The summed E-state index contributed by atoms with van der Waals surface area (Å²) in [4.78, 5) is 15.4. The van der Waals surface area contributed by atoms with E-state index in [-0.39, 0.29) is 24.1 Å². The molecule has 0 aromatic carbocycles. The molecule has 1 rings (SSSR count). The Labute approximate surface area is 120 Å². The predicted molar refractivity (Wildman–Crippen MR) is 73.4 cm³/mol. The van der Waals surface area contributed by atoms with Gasteiger partial charge in [-0.15, -0.1) is 0 Å². The lowest BCUT2D eigenvalue weighted by atomic mass is 10.1. The van der Waals surface area contributed by atoms with Crippen LogP contribution in [0.15, 0.2) is 12.1 Å². The highest BCUT2D eigenvalue weighted by molar-refractivity contribution is 5.81. The molecule has 0 bridgehead atoms. The van der Waals surface area contributed by atoms with E-state index in [4.69, 9.17) is 5.84 Å². The van der Waals surface area contributed by atoms with E-state index in [1.165, 1.54) is 0 Å². The largest absolute Gasteiger partial charge is 0.416 e. The first kappa shape index (κ1) is 17.0. The Morgan fingerprint density at radius 2 is 1.81 bits per heavy atom. The molecule has 21 heavy (non-hydrogen) atoms. The van der Waals surface area contributed by atoms with E-state index in [2.05, 4.69) is 21.0 Å². The van der Waals surface area contributed by atoms with Gasteiger partial charge in [0.1, 0.15) is 11.6 Å². The number of aromatic nitrogens is 1. The van der Waals surface area contributed by atoms with E-state index >= 15 is 0 Å². The molecule has 0 unspecified atom stereocenters. The van der Waals surface area contributed by atoms with Crippen molar-refractivity contribution in [1.29, 1.82) is 0 Å². The van der Waals surface area contributed by atoms with Crippen molar-refractivity contribution in [2.24, 2.45) is 5.84 Å². The van der Waals surface area contributed by atoms with Gasteiger partial charge < -0.3 is 16.1 Å². The van der Waals surface area contributed by atoms with Crippen molar-refractivity contribution in [1.82, 2.24) is 10.3 Å². The van der Waals surface area contributed by atoms with Crippen LogP contribution in [0, 0.1) is 0 Å². The Hall–Kier alpha value is -2.03. The Morgan fingerprint density at radius 3 is 2.29 bits per heavy atom. The van der Waals surface area contributed by atoms with Gasteiger partial charge in [-0.3, -0.25) is 4.79 Å². The molecular weight excluding hydrogens is 287 g/mol. The highest BCUT2D eigenvalue weighted by atomic mass is 19.4. The normalized spacial score (nSPS) is 12.0. The summed E-state index contributed by atoms with van der Waals surface area (Å²) >= 11 is 0. The van der Waals surface area contributed by atoms with Gasteiger partial charge in [0.15, 0.2) is 0 Å². The standard InChI is InChI=1S/C12H18F3N5O/c1-11(2,3)19-10(21)6-17-8-4-7(12(13,14)15)5-9(18-8)20-16/h4-5H,6,16H2,1-3H3,(H,19,21)(H2,17,18,20). The molecule has 1 aromatic rings. The van der Waals surface area contributed by atoms with E-state index in [0.717, 1.165) is 12.1 Å². The fourth-order valence-corrected chi connectivity index (χ4v) is 1.49. The number of rotatable bonds is 4. The Morgan fingerprint density at radius 1 is 1.24 bits per heavy atom. The molecule has 0 saturated carbocycles. The Bertz CT molecular complexity index is 511. The maximum atomic E-state index is 12.7. The number of pyridine rings is 1.